The molecular weight excluding hydrogens is 412 g/mol. The fourth-order valence-electron chi connectivity index (χ4n) is 2.45. The molecule has 0 aliphatic heterocycles. The van der Waals surface area contributed by atoms with E-state index in [1.165, 1.54) is 4.88 Å². The number of carbonyl (C=O) groups excluding carboxylic acids is 2. The number of aryl methyl sites for hydroxylation is 1. The molecule has 1 aromatic heterocycles. The molecule has 0 bridgehead atoms. The lowest BCUT2D eigenvalue weighted by atomic mass is 10.1. The predicted molar refractivity (Wildman–Crippen MR) is 110 cm³/mol. The normalized spacial score (nSPS) is 10.5. The Kier molecular flexibility index (Phi) is 8.85. The molecule has 140 valence electrons. The number of benzene rings is 1. The number of thiophene rings is 1. The Hall–Kier alpha value is -1.66. The maximum atomic E-state index is 12.0. The molecule has 0 radical (unpaired) electrons. The van der Waals surface area contributed by atoms with E-state index in [1.807, 2.05) is 18.2 Å². The summed E-state index contributed by atoms with van der Waals surface area (Å²) in [6, 6.07) is 11.5. The lowest BCUT2D eigenvalue weighted by Crippen LogP contribution is -2.24. The molecule has 0 saturated carbocycles. The number of amides is 2. The van der Waals surface area contributed by atoms with Crippen molar-refractivity contribution < 1.29 is 9.59 Å². The van der Waals surface area contributed by atoms with E-state index >= 15 is 0 Å². The van der Waals surface area contributed by atoms with Crippen molar-refractivity contribution in [3.63, 3.8) is 0 Å². The van der Waals surface area contributed by atoms with Gasteiger partial charge in [-0.05, 0) is 65.0 Å². The van der Waals surface area contributed by atoms with Crippen molar-refractivity contribution in [2.45, 2.75) is 45.6 Å². The highest BCUT2D eigenvalue weighted by Gasteiger charge is 2.06. The highest BCUT2D eigenvalue weighted by Crippen LogP contribution is 2.23. The third-order valence-electron chi connectivity index (χ3n) is 3.98. The lowest BCUT2D eigenvalue weighted by Gasteiger charge is -2.07. The predicted octanol–water partition coefficient (Wildman–Crippen LogP) is 4.68. The maximum absolute atomic E-state index is 12.0. The van der Waals surface area contributed by atoms with Gasteiger partial charge in [-0.1, -0.05) is 25.5 Å². The summed E-state index contributed by atoms with van der Waals surface area (Å²) in [6.45, 7) is 3.28. The number of hydrogen-bond donors (Lipinski definition) is 2. The minimum atomic E-state index is -0.0470. The fraction of sp³-hybridized carbons (Fsp3) is 0.400. The molecule has 1 aromatic carbocycles. The van der Waals surface area contributed by atoms with Crippen LogP contribution in [-0.2, 0) is 17.8 Å². The van der Waals surface area contributed by atoms with Gasteiger partial charge in [0.25, 0.3) is 5.91 Å². The zero-order chi connectivity index (χ0) is 18.8. The Labute approximate surface area is 167 Å². The Morgan fingerprint density at radius 3 is 2.46 bits per heavy atom. The molecule has 0 spiro atoms. The van der Waals surface area contributed by atoms with Gasteiger partial charge in [0.05, 0.1) is 3.79 Å². The first kappa shape index (κ1) is 20.6. The van der Waals surface area contributed by atoms with Gasteiger partial charge in [-0.3, -0.25) is 9.59 Å². The Bertz CT molecular complexity index is 713. The Morgan fingerprint density at radius 2 is 1.81 bits per heavy atom. The van der Waals surface area contributed by atoms with Crippen molar-refractivity contribution in [2.75, 3.05) is 6.54 Å². The van der Waals surface area contributed by atoms with Crippen molar-refractivity contribution >= 4 is 39.1 Å². The van der Waals surface area contributed by atoms with Crippen molar-refractivity contribution in [3.05, 3.63) is 56.2 Å². The number of rotatable bonds is 10. The van der Waals surface area contributed by atoms with Crippen LogP contribution in [0.3, 0.4) is 0 Å². The van der Waals surface area contributed by atoms with Crippen LogP contribution in [0.25, 0.3) is 0 Å². The van der Waals surface area contributed by atoms with Crippen LogP contribution in [0.15, 0.2) is 40.2 Å². The molecule has 0 atom stereocenters. The van der Waals surface area contributed by atoms with Crippen LogP contribution in [0, 0.1) is 0 Å². The van der Waals surface area contributed by atoms with E-state index in [1.54, 1.807) is 23.5 Å². The molecule has 0 aliphatic carbocycles. The number of hydrogen-bond acceptors (Lipinski definition) is 3. The van der Waals surface area contributed by atoms with Crippen LogP contribution in [0.2, 0.25) is 0 Å². The van der Waals surface area contributed by atoms with Gasteiger partial charge in [0, 0.05) is 30.0 Å². The smallest absolute Gasteiger partial charge is 0.251 e. The van der Waals surface area contributed by atoms with Crippen LogP contribution in [-0.4, -0.2) is 18.4 Å². The van der Waals surface area contributed by atoms with Gasteiger partial charge < -0.3 is 10.6 Å². The molecule has 6 heteroatoms. The molecule has 2 aromatic rings. The molecule has 26 heavy (non-hydrogen) atoms. The van der Waals surface area contributed by atoms with Crippen LogP contribution in [0.4, 0.5) is 0 Å². The van der Waals surface area contributed by atoms with Gasteiger partial charge in [0.1, 0.15) is 0 Å². The second-order valence-corrected chi connectivity index (χ2v) is 8.69. The molecule has 0 unspecified atom stereocenters. The summed E-state index contributed by atoms with van der Waals surface area (Å²) in [5.41, 5.74) is 1.64. The molecule has 0 fully saturated rings. The van der Waals surface area contributed by atoms with Gasteiger partial charge in [-0.25, -0.2) is 0 Å². The summed E-state index contributed by atoms with van der Waals surface area (Å²) < 4.78 is 1.12. The third-order valence-corrected chi connectivity index (χ3v) is 5.66. The summed E-state index contributed by atoms with van der Waals surface area (Å²) in [7, 11) is 0. The number of nitrogens with one attached hydrogen (secondary N) is 2. The number of halogens is 1. The van der Waals surface area contributed by atoms with Gasteiger partial charge in [0.15, 0.2) is 0 Å². The summed E-state index contributed by atoms with van der Waals surface area (Å²) in [6.07, 6.45) is 4.33. The van der Waals surface area contributed by atoms with E-state index < -0.39 is 0 Å². The van der Waals surface area contributed by atoms with Crippen molar-refractivity contribution in [1.29, 1.82) is 0 Å². The van der Waals surface area contributed by atoms with E-state index in [4.69, 9.17) is 0 Å². The second kappa shape index (κ2) is 11.1. The summed E-state index contributed by atoms with van der Waals surface area (Å²) in [4.78, 5) is 25.2. The summed E-state index contributed by atoms with van der Waals surface area (Å²) in [5, 5.41) is 5.83. The first-order chi connectivity index (χ1) is 12.6. The van der Waals surface area contributed by atoms with E-state index in [2.05, 4.69) is 39.6 Å². The van der Waals surface area contributed by atoms with Crippen molar-refractivity contribution in [2.24, 2.45) is 0 Å². The molecule has 0 saturated heterocycles. The highest BCUT2D eigenvalue weighted by atomic mass is 79.9. The van der Waals surface area contributed by atoms with Crippen LogP contribution >= 0.6 is 27.3 Å². The van der Waals surface area contributed by atoms with E-state index in [-0.39, 0.29) is 11.8 Å². The second-order valence-electron chi connectivity index (χ2n) is 6.14. The average Bonchev–Trinajstić information content (AvgIpc) is 3.05. The maximum Gasteiger partial charge on any atom is 0.251 e. The van der Waals surface area contributed by atoms with Crippen molar-refractivity contribution in [3.8, 4) is 0 Å². The average molecular weight is 437 g/mol. The molecular formula is C20H25BrN2O2S. The molecule has 2 N–H and O–H groups in total. The minimum absolute atomic E-state index is 0.0470. The summed E-state index contributed by atoms with van der Waals surface area (Å²) >= 11 is 5.16. The molecule has 2 amide bonds. The molecule has 1 heterocycles. The molecule has 4 nitrogen and oxygen atoms in total. The van der Waals surface area contributed by atoms with E-state index in [0.29, 0.717) is 25.1 Å². The minimum Gasteiger partial charge on any atom is -0.352 e. The highest BCUT2D eigenvalue weighted by molar-refractivity contribution is 9.11. The largest absolute Gasteiger partial charge is 0.352 e. The fourth-order valence-corrected chi connectivity index (χ4v) is 3.98. The van der Waals surface area contributed by atoms with Gasteiger partial charge >= 0.3 is 0 Å². The zero-order valence-electron chi connectivity index (χ0n) is 15.0. The summed E-state index contributed by atoms with van der Waals surface area (Å²) in [5.74, 6) is 0.0104. The van der Waals surface area contributed by atoms with Crippen molar-refractivity contribution in [1.82, 2.24) is 10.6 Å². The lowest BCUT2D eigenvalue weighted by molar-refractivity contribution is -0.121. The number of unbranched alkanes of at least 4 members (excludes halogenated alkanes) is 1. The van der Waals surface area contributed by atoms with E-state index in [0.717, 1.165) is 35.0 Å². The standard InChI is InChI=1S/C20H25BrN2O2S/c1-2-3-13-22-20(25)16-9-7-15(8-10-16)14-23-19(24)6-4-5-17-11-12-18(21)26-17/h7-12H,2-6,13-14H2,1H3,(H,22,25)(H,23,24). The number of carbonyl (C=O) groups is 2. The first-order valence-electron chi connectivity index (χ1n) is 8.96. The Morgan fingerprint density at radius 1 is 1.04 bits per heavy atom. The topological polar surface area (TPSA) is 58.2 Å². The Balaban J connectivity index is 1.68. The molecule has 0 aliphatic rings. The molecule has 2 rings (SSSR count). The van der Waals surface area contributed by atoms with E-state index in [9.17, 15) is 9.59 Å². The van der Waals surface area contributed by atoms with Crippen LogP contribution in [0.5, 0.6) is 0 Å². The first-order valence-corrected chi connectivity index (χ1v) is 10.6. The van der Waals surface area contributed by atoms with Gasteiger partial charge in [-0.15, -0.1) is 11.3 Å². The van der Waals surface area contributed by atoms with Gasteiger partial charge in [-0.2, -0.15) is 0 Å². The SMILES string of the molecule is CCCCNC(=O)c1ccc(CNC(=O)CCCc2ccc(Br)s2)cc1. The van der Waals surface area contributed by atoms with Crippen LogP contribution in [0.1, 0.15) is 53.4 Å². The van der Waals surface area contributed by atoms with Gasteiger partial charge in [0.2, 0.25) is 5.91 Å². The quantitative estimate of drug-likeness (QED) is 0.531. The monoisotopic (exact) mass is 436 g/mol. The third kappa shape index (κ3) is 7.30. The zero-order valence-corrected chi connectivity index (χ0v) is 17.4. The van der Waals surface area contributed by atoms with Crippen LogP contribution < -0.4 is 10.6 Å².